The van der Waals surface area contributed by atoms with Crippen molar-refractivity contribution in [2.24, 2.45) is 0 Å². The van der Waals surface area contributed by atoms with Gasteiger partial charge in [0.2, 0.25) is 0 Å². The number of rotatable bonds is 9. The molecule has 15 heavy (non-hydrogen) atoms. The van der Waals surface area contributed by atoms with E-state index in [-0.39, 0.29) is 22.4 Å². The van der Waals surface area contributed by atoms with Crippen molar-refractivity contribution < 1.29 is 22.4 Å². The van der Waals surface area contributed by atoms with E-state index in [1.165, 1.54) is 44.9 Å². The molecule has 0 fully saturated rings. The van der Waals surface area contributed by atoms with Crippen LogP contribution in [0.1, 0.15) is 58.3 Å². The SMILES string of the molecule is CCCCCCCCCC[Si](Cl)(Cl)Cl.[Au]. The third-order valence-corrected chi connectivity index (χ3v) is 4.94. The maximum atomic E-state index is 5.78. The number of hydrogen-bond acceptors (Lipinski definition) is 0. The van der Waals surface area contributed by atoms with E-state index in [0.29, 0.717) is 0 Å². The van der Waals surface area contributed by atoms with Crippen molar-refractivity contribution in [3.63, 3.8) is 0 Å². The summed E-state index contributed by atoms with van der Waals surface area (Å²) in [4.78, 5) is 0. The molecule has 5 heteroatoms. The molecule has 0 aliphatic heterocycles. The third kappa shape index (κ3) is 18.4. The van der Waals surface area contributed by atoms with Gasteiger partial charge < -0.3 is 0 Å². The number of unbranched alkanes of at least 4 members (excludes halogenated alkanes) is 7. The van der Waals surface area contributed by atoms with Gasteiger partial charge in [-0.15, -0.1) is 33.2 Å². The van der Waals surface area contributed by atoms with E-state index in [1.807, 2.05) is 0 Å². The molecule has 0 unspecified atom stereocenters. The molecular formula is C10H21AuCl3Si. The van der Waals surface area contributed by atoms with Crippen LogP contribution < -0.4 is 0 Å². The summed E-state index contributed by atoms with van der Waals surface area (Å²) in [6, 6.07) is -1.50. The Morgan fingerprint density at radius 3 is 1.53 bits per heavy atom. The summed E-state index contributed by atoms with van der Waals surface area (Å²) in [7, 11) is 0. The van der Waals surface area contributed by atoms with Crippen LogP contribution in [0.25, 0.3) is 0 Å². The molecule has 1 radical (unpaired) electrons. The smallest absolute Gasteiger partial charge is 0.126 e. The zero-order valence-electron chi connectivity index (χ0n) is 9.30. The molecule has 0 amide bonds. The van der Waals surface area contributed by atoms with Crippen molar-refractivity contribution >= 4 is 39.2 Å². The van der Waals surface area contributed by atoms with Gasteiger partial charge in [-0.2, -0.15) is 0 Å². The van der Waals surface area contributed by atoms with E-state index in [2.05, 4.69) is 6.92 Å². The fourth-order valence-corrected chi connectivity index (χ4v) is 3.31. The molecule has 0 saturated carbocycles. The minimum absolute atomic E-state index is 0. The largest absolute Gasteiger partial charge is 0.341 e. The first kappa shape index (κ1) is 19.2. The third-order valence-electron chi connectivity index (χ3n) is 2.31. The zero-order valence-corrected chi connectivity index (χ0v) is 14.7. The number of hydrogen-bond donors (Lipinski definition) is 0. The first-order chi connectivity index (χ1) is 6.56. The fourth-order valence-electron chi connectivity index (χ4n) is 1.46. The summed E-state index contributed by atoms with van der Waals surface area (Å²) >= 11 is 17.4. The van der Waals surface area contributed by atoms with E-state index < -0.39 is 6.00 Å². The Morgan fingerprint density at radius 2 is 1.13 bits per heavy atom. The van der Waals surface area contributed by atoms with Crippen LogP contribution in [-0.2, 0) is 22.4 Å². The maximum Gasteiger partial charge on any atom is 0.341 e. The van der Waals surface area contributed by atoms with Gasteiger partial charge in [-0.25, -0.2) is 0 Å². The molecule has 97 valence electrons. The summed E-state index contributed by atoms with van der Waals surface area (Å²) in [6.07, 6.45) is 10.4. The Morgan fingerprint density at radius 1 is 0.733 bits per heavy atom. The second-order valence-electron chi connectivity index (χ2n) is 3.84. The molecular weight excluding hydrogens is 452 g/mol. The van der Waals surface area contributed by atoms with Crippen LogP contribution in [0.3, 0.4) is 0 Å². The van der Waals surface area contributed by atoms with Crippen LogP contribution in [-0.4, -0.2) is 6.00 Å². The molecule has 0 heterocycles. The molecule has 0 aromatic heterocycles. The Bertz CT molecular complexity index is 128. The Kier molecular flexibility index (Phi) is 15.7. The Labute approximate surface area is 125 Å². The van der Waals surface area contributed by atoms with E-state index in [4.69, 9.17) is 33.2 Å². The van der Waals surface area contributed by atoms with Crippen molar-refractivity contribution in [2.45, 2.75) is 64.3 Å². The summed E-state index contributed by atoms with van der Waals surface area (Å²) in [5.74, 6) is 0. The summed E-state index contributed by atoms with van der Waals surface area (Å²) in [5, 5.41) is 0. The molecule has 0 atom stereocenters. The second-order valence-corrected chi connectivity index (χ2v) is 13.1. The van der Waals surface area contributed by atoms with Gasteiger partial charge in [0, 0.05) is 22.4 Å². The molecule has 0 aliphatic carbocycles. The van der Waals surface area contributed by atoms with Gasteiger partial charge in [-0.05, 0) is 6.04 Å². The maximum absolute atomic E-state index is 5.78. The van der Waals surface area contributed by atoms with Gasteiger partial charge in [0.05, 0.1) is 0 Å². The quantitative estimate of drug-likeness (QED) is 0.227. The van der Waals surface area contributed by atoms with Crippen LogP contribution in [0.15, 0.2) is 0 Å². The molecule has 0 aromatic carbocycles. The standard InChI is InChI=1S/C10H21Cl3Si.Au/c1-2-3-4-5-6-7-8-9-10-14(11,12)13;/h2-10H2,1H3;. The van der Waals surface area contributed by atoms with Crippen molar-refractivity contribution in [2.75, 3.05) is 0 Å². The first-order valence-electron chi connectivity index (χ1n) is 5.63. The average Bonchev–Trinajstić information content (AvgIpc) is 2.08. The minimum Gasteiger partial charge on any atom is -0.126 e. The van der Waals surface area contributed by atoms with Gasteiger partial charge in [-0.1, -0.05) is 58.3 Å². The monoisotopic (exact) mass is 471 g/mol. The second kappa shape index (κ2) is 12.3. The predicted molar refractivity (Wildman–Crippen MR) is 70.7 cm³/mol. The summed E-state index contributed by atoms with van der Waals surface area (Å²) in [5.41, 5.74) is 0. The van der Waals surface area contributed by atoms with Gasteiger partial charge >= 0.3 is 6.00 Å². The topological polar surface area (TPSA) is 0 Å². The molecule has 0 N–H and O–H groups in total. The van der Waals surface area contributed by atoms with Crippen LogP contribution in [0.5, 0.6) is 0 Å². The van der Waals surface area contributed by atoms with Crippen LogP contribution in [0, 0.1) is 0 Å². The molecule has 0 aromatic rings. The van der Waals surface area contributed by atoms with E-state index in [0.717, 1.165) is 12.5 Å². The molecule has 0 nitrogen and oxygen atoms in total. The van der Waals surface area contributed by atoms with Crippen LogP contribution in [0.2, 0.25) is 6.04 Å². The van der Waals surface area contributed by atoms with Crippen LogP contribution in [0.4, 0.5) is 0 Å². The molecule has 0 bridgehead atoms. The van der Waals surface area contributed by atoms with Crippen LogP contribution >= 0.6 is 33.2 Å². The van der Waals surface area contributed by atoms with E-state index in [9.17, 15) is 0 Å². The minimum atomic E-state index is -2.32. The molecule has 0 rings (SSSR count). The van der Waals surface area contributed by atoms with Crippen molar-refractivity contribution in [3.8, 4) is 0 Å². The first-order valence-corrected chi connectivity index (χ1v) is 10.9. The van der Waals surface area contributed by atoms with E-state index in [1.54, 1.807) is 0 Å². The average molecular weight is 473 g/mol. The van der Waals surface area contributed by atoms with Crippen molar-refractivity contribution in [3.05, 3.63) is 0 Å². The normalized spacial score (nSPS) is 11.2. The molecule has 0 saturated heterocycles. The van der Waals surface area contributed by atoms with E-state index >= 15 is 0 Å². The zero-order chi connectivity index (χ0) is 10.9. The van der Waals surface area contributed by atoms with Gasteiger partial charge in [0.15, 0.2) is 0 Å². The predicted octanol–water partition coefficient (Wildman–Crippen LogP) is 5.78. The van der Waals surface area contributed by atoms with Crippen molar-refractivity contribution in [1.29, 1.82) is 0 Å². The Hall–Kier alpha value is 1.83. The Balaban J connectivity index is 0. The molecule has 0 spiro atoms. The fraction of sp³-hybridized carbons (Fsp3) is 1.00. The summed E-state index contributed by atoms with van der Waals surface area (Å²) < 4.78 is 0. The number of halogens is 3. The summed E-state index contributed by atoms with van der Waals surface area (Å²) in [6.45, 7) is 2.24. The van der Waals surface area contributed by atoms with Crippen molar-refractivity contribution in [1.82, 2.24) is 0 Å². The molecule has 0 aliphatic rings. The van der Waals surface area contributed by atoms with Gasteiger partial charge in [0.1, 0.15) is 0 Å². The van der Waals surface area contributed by atoms with Gasteiger partial charge in [-0.3, -0.25) is 0 Å². The van der Waals surface area contributed by atoms with Gasteiger partial charge in [0.25, 0.3) is 0 Å².